The summed E-state index contributed by atoms with van der Waals surface area (Å²) in [5.41, 5.74) is 1.74. The molecule has 0 aliphatic carbocycles. The summed E-state index contributed by atoms with van der Waals surface area (Å²) in [7, 11) is 1.82. The number of likely N-dealkylation sites (N-methyl/N-ethyl adjacent to an activating group) is 1. The molecule has 0 saturated carbocycles. The van der Waals surface area contributed by atoms with Crippen molar-refractivity contribution in [2.45, 2.75) is 13.0 Å². The Morgan fingerprint density at radius 1 is 1.27 bits per heavy atom. The maximum absolute atomic E-state index is 12.4. The first-order valence-corrected chi connectivity index (χ1v) is 8.48. The maximum atomic E-state index is 12.4. The molecule has 0 unspecified atom stereocenters. The van der Waals surface area contributed by atoms with Crippen molar-refractivity contribution in [3.05, 3.63) is 48.3 Å². The number of rotatable bonds is 5. The van der Waals surface area contributed by atoms with Gasteiger partial charge in [-0.15, -0.1) is 15.3 Å². The number of fused-ring (bicyclic) bond motifs is 1. The van der Waals surface area contributed by atoms with Gasteiger partial charge in [-0.05, 0) is 30.7 Å². The summed E-state index contributed by atoms with van der Waals surface area (Å²) in [6.07, 6.45) is 1.58. The number of aromatic nitrogens is 4. The molecule has 0 N–H and O–H groups in total. The third kappa shape index (κ3) is 3.05. The Morgan fingerprint density at radius 2 is 2.08 bits per heavy atom. The second kappa shape index (κ2) is 6.62. The highest BCUT2D eigenvalue weighted by Gasteiger charge is 2.33. The van der Waals surface area contributed by atoms with Crippen LogP contribution in [-0.4, -0.2) is 63.4 Å². The van der Waals surface area contributed by atoms with E-state index in [1.165, 1.54) is 0 Å². The molecule has 134 valence electrons. The lowest BCUT2D eigenvalue weighted by atomic mass is 10.1. The number of amides is 1. The van der Waals surface area contributed by atoms with Crippen LogP contribution in [0.15, 0.2) is 42.7 Å². The molecule has 1 aliphatic rings. The Labute approximate surface area is 151 Å². The van der Waals surface area contributed by atoms with Crippen molar-refractivity contribution in [3.63, 3.8) is 0 Å². The van der Waals surface area contributed by atoms with Crippen molar-refractivity contribution >= 4 is 17.4 Å². The van der Waals surface area contributed by atoms with Crippen molar-refractivity contribution in [1.29, 1.82) is 0 Å². The maximum Gasteiger partial charge on any atom is 0.260 e. The number of carbonyl (C=O) groups excluding carboxylic acids is 1. The summed E-state index contributed by atoms with van der Waals surface area (Å²) < 4.78 is 7.30. The molecule has 1 amide bonds. The average molecular weight is 352 g/mol. The van der Waals surface area contributed by atoms with Gasteiger partial charge in [-0.3, -0.25) is 4.79 Å². The van der Waals surface area contributed by atoms with Crippen LogP contribution >= 0.6 is 0 Å². The topological polar surface area (TPSA) is 75.9 Å². The molecule has 0 atom stereocenters. The van der Waals surface area contributed by atoms with Gasteiger partial charge in [0.1, 0.15) is 17.9 Å². The molecule has 1 saturated heterocycles. The third-order valence-electron chi connectivity index (χ3n) is 4.72. The molecule has 0 spiro atoms. The minimum Gasteiger partial charge on any atom is -0.484 e. The van der Waals surface area contributed by atoms with Gasteiger partial charge in [0.25, 0.3) is 5.91 Å². The first-order chi connectivity index (χ1) is 12.6. The SMILES string of the molecule is Cc1ccccc1OCC(=O)N(C)C1CN(c2ccc3nncn3n2)C1. The van der Waals surface area contributed by atoms with Gasteiger partial charge in [0.05, 0.1) is 6.04 Å². The van der Waals surface area contributed by atoms with Crippen LogP contribution in [0.3, 0.4) is 0 Å². The van der Waals surface area contributed by atoms with Crippen LogP contribution in [0.25, 0.3) is 5.65 Å². The fraction of sp³-hybridized carbons (Fsp3) is 0.333. The number of anilines is 1. The average Bonchev–Trinajstić information content (AvgIpc) is 3.07. The van der Waals surface area contributed by atoms with Gasteiger partial charge >= 0.3 is 0 Å². The molecule has 1 aliphatic heterocycles. The molecule has 26 heavy (non-hydrogen) atoms. The molecule has 1 aromatic carbocycles. The molecule has 8 heteroatoms. The minimum absolute atomic E-state index is 0.0277. The number of hydrogen-bond donors (Lipinski definition) is 0. The van der Waals surface area contributed by atoms with E-state index in [2.05, 4.69) is 20.2 Å². The van der Waals surface area contributed by atoms with Gasteiger partial charge in [0.2, 0.25) is 0 Å². The van der Waals surface area contributed by atoms with Gasteiger partial charge in [-0.25, -0.2) is 0 Å². The van der Waals surface area contributed by atoms with E-state index in [1.807, 2.05) is 50.4 Å². The number of hydrogen-bond acceptors (Lipinski definition) is 6. The molecular formula is C18H20N6O2. The van der Waals surface area contributed by atoms with Gasteiger partial charge < -0.3 is 14.5 Å². The lowest BCUT2D eigenvalue weighted by molar-refractivity contribution is -0.134. The molecule has 8 nitrogen and oxygen atoms in total. The first kappa shape index (κ1) is 16.3. The quantitative estimate of drug-likeness (QED) is 0.686. The largest absolute Gasteiger partial charge is 0.484 e. The highest BCUT2D eigenvalue weighted by molar-refractivity contribution is 5.78. The summed E-state index contributed by atoms with van der Waals surface area (Å²) in [6, 6.07) is 11.6. The number of aryl methyl sites for hydroxylation is 1. The van der Waals surface area contributed by atoms with E-state index in [-0.39, 0.29) is 18.6 Å². The van der Waals surface area contributed by atoms with Crippen LogP contribution in [0.5, 0.6) is 5.75 Å². The summed E-state index contributed by atoms with van der Waals surface area (Å²) in [6.45, 7) is 3.50. The molecule has 0 radical (unpaired) electrons. The second-order valence-electron chi connectivity index (χ2n) is 6.44. The zero-order valence-electron chi connectivity index (χ0n) is 14.7. The lowest BCUT2D eigenvalue weighted by Gasteiger charge is -2.44. The van der Waals surface area contributed by atoms with Crippen molar-refractivity contribution in [1.82, 2.24) is 24.7 Å². The summed E-state index contributed by atoms with van der Waals surface area (Å²) in [5.74, 6) is 1.57. The number of nitrogens with zero attached hydrogens (tertiary/aromatic N) is 6. The Morgan fingerprint density at radius 3 is 2.88 bits per heavy atom. The Kier molecular flexibility index (Phi) is 4.16. The van der Waals surface area contributed by atoms with Gasteiger partial charge in [0, 0.05) is 20.1 Å². The van der Waals surface area contributed by atoms with E-state index in [0.29, 0.717) is 5.65 Å². The highest BCUT2D eigenvalue weighted by Crippen LogP contribution is 2.22. The second-order valence-corrected chi connectivity index (χ2v) is 6.44. The number of benzene rings is 1. The lowest BCUT2D eigenvalue weighted by Crippen LogP contribution is -2.60. The number of para-hydroxylation sites is 1. The molecule has 1 fully saturated rings. The smallest absolute Gasteiger partial charge is 0.260 e. The van der Waals surface area contributed by atoms with E-state index in [1.54, 1.807) is 15.7 Å². The highest BCUT2D eigenvalue weighted by atomic mass is 16.5. The molecule has 3 heterocycles. The standard InChI is InChI=1S/C18H20N6O2/c1-13-5-3-4-6-15(13)26-11-18(25)22(2)14-9-23(10-14)17-8-7-16-20-19-12-24(16)21-17/h3-8,12,14H,9-11H2,1-2H3. The van der Waals surface area contributed by atoms with Crippen molar-refractivity contribution < 1.29 is 9.53 Å². The minimum atomic E-state index is -0.0277. The Bertz CT molecular complexity index is 934. The van der Waals surface area contributed by atoms with Crippen LogP contribution in [0, 0.1) is 6.92 Å². The van der Waals surface area contributed by atoms with E-state index in [9.17, 15) is 4.79 Å². The Hall–Kier alpha value is -3.16. The molecule has 0 bridgehead atoms. The van der Waals surface area contributed by atoms with Gasteiger partial charge in [0.15, 0.2) is 12.3 Å². The van der Waals surface area contributed by atoms with E-state index >= 15 is 0 Å². The number of ether oxygens (including phenoxy) is 1. The van der Waals surface area contributed by atoms with Crippen LogP contribution in [0.1, 0.15) is 5.56 Å². The fourth-order valence-corrected chi connectivity index (χ4v) is 2.94. The summed E-state index contributed by atoms with van der Waals surface area (Å²) in [4.78, 5) is 16.3. The third-order valence-corrected chi connectivity index (χ3v) is 4.72. The van der Waals surface area contributed by atoms with Gasteiger partial charge in [-0.1, -0.05) is 18.2 Å². The van der Waals surface area contributed by atoms with Crippen LogP contribution in [0.2, 0.25) is 0 Å². The predicted octanol–water partition coefficient (Wildman–Crippen LogP) is 1.16. The van der Waals surface area contributed by atoms with E-state index in [0.717, 1.165) is 30.2 Å². The molecule has 4 rings (SSSR count). The zero-order chi connectivity index (χ0) is 18.1. The van der Waals surface area contributed by atoms with Crippen LogP contribution in [-0.2, 0) is 4.79 Å². The zero-order valence-corrected chi connectivity index (χ0v) is 14.7. The van der Waals surface area contributed by atoms with Crippen LogP contribution in [0.4, 0.5) is 5.82 Å². The Balaban J connectivity index is 1.31. The summed E-state index contributed by atoms with van der Waals surface area (Å²) >= 11 is 0. The van der Waals surface area contributed by atoms with Crippen molar-refractivity contribution in [3.8, 4) is 5.75 Å². The fourth-order valence-electron chi connectivity index (χ4n) is 2.94. The molecular weight excluding hydrogens is 332 g/mol. The van der Waals surface area contributed by atoms with Crippen LogP contribution < -0.4 is 9.64 Å². The predicted molar refractivity (Wildman–Crippen MR) is 96.2 cm³/mol. The van der Waals surface area contributed by atoms with E-state index in [4.69, 9.17) is 4.74 Å². The molecule has 2 aromatic heterocycles. The number of carbonyl (C=O) groups is 1. The monoisotopic (exact) mass is 352 g/mol. The molecule has 3 aromatic rings. The summed E-state index contributed by atoms with van der Waals surface area (Å²) in [5, 5.41) is 12.2. The van der Waals surface area contributed by atoms with E-state index < -0.39 is 0 Å². The normalized spacial score (nSPS) is 14.3. The first-order valence-electron chi connectivity index (χ1n) is 8.48. The van der Waals surface area contributed by atoms with Gasteiger partial charge in [-0.2, -0.15) is 4.52 Å². The van der Waals surface area contributed by atoms with Crippen molar-refractivity contribution in [2.24, 2.45) is 0 Å². The van der Waals surface area contributed by atoms with Crippen molar-refractivity contribution in [2.75, 3.05) is 31.6 Å².